The van der Waals surface area contributed by atoms with Crippen LogP contribution in [0, 0.1) is 17.8 Å². The predicted molar refractivity (Wildman–Crippen MR) is 122 cm³/mol. The number of amides is 1. The Hall–Kier alpha value is -2.05. The number of hydrogen-bond donors (Lipinski definition) is 1. The first-order chi connectivity index (χ1) is 14.7. The Morgan fingerprint density at radius 3 is 1.97 bits per heavy atom. The summed E-state index contributed by atoms with van der Waals surface area (Å²) >= 11 is 5.87. The van der Waals surface area contributed by atoms with Crippen molar-refractivity contribution in [3.05, 3.63) is 59.1 Å². The van der Waals surface area contributed by atoms with Crippen molar-refractivity contribution in [2.45, 2.75) is 49.0 Å². The van der Waals surface area contributed by atoms with Gasteiger partial charge in [-0.25, -0.2) is 8.42 Å². The third-order valence-corrected chi connectivity index (χ3v) is 9.43. The molecule has 5 nitrogen and oxygen atoms in total. The lowest BCUT2D eigenvalue weighted by Gasteiger charge is -2.56. The topological polar surface area (TPSA) is 66.5 Å². The number of nitrogens with one attached hydrogen (secondary N) is 1. The van der Waals surface area contributed by atoms with E-state index in [4.69, 9.17) is 11.6 Å². The van der Waals surface area contributed by atoms with Crippen LogP contribution in [0.25, 0.3) is 0 Å². The minimum atomic E-state index is -3.70. The molecule has 4 aliphatic carbocycles. The molecule has 2 aromatic rings. The summed E-state index contributed by atoms with van der Waals surface area (Å²) in [6.45, 7) is 0. The first kappa shape index (κ1) is 20.8. The number of carbonyl (C=O) groups excluding carboxylic acids is 1. The summed E-state index contributed by atoms with van der Waals surface area (Å²) in [5, 5.41) is 3.85. The van der Waals surface area contributed by atoms with Gasteiger partial charge in [0.1, 0.15) is 0 Å². The van der Waals surface area contributed by atoms with Crippen LogP contribution < -0.4 is 9.62 Å². The van der Waals surface area contributed by atoms with E-state index >= 15 is 0 Å². The van der Waals surface area contributed by atoms with Crippen LogP contribution in [0.3, 0.4) is 0 Å². The lowest BCUT2D eigenvalue weighted by Crippen LogP contribution is -2.59. The van der Waals surface area contributed by atoms with Crippen LogP contribution in [0.1, 0.15) is 48.9 Å². The molecule has 4 saturated carbocycles. The Kier molecular flexibility index (Phi) is 5.05. The number of rotatable bonds is 5. The largest absolute Gasteiger partial charge is 0.347 e. The minimum Gasteiger partial charge on any atom is -0.347 e. The summed E-state index contributed by atoms with van der Waals surface area (Å²) < 4.78 is 27.0. The van der Waals surface area contributed by atoms with Crippen molar-refractivity contribution >= 4 is 33.2 Å². The first-order valence-corrected chi connectivity index (χ1v) is 12.7. The van der Waals surface area contributed by atoms with Crippen LogP contribution in [0.2, 0.25) is 5.02 Å². The fourth-order valence-corrected chi connectivity index (χ4v) is 7.62. The summed E-state index contributed by atoms with van der Waals surface area (Å²) in [5.41, 5.74) is 1.03. The second-order valence-electron chi connectivity index (χ2n) is 9.63. The van der Waals surface area contributed by atoms with Gasteiger partial charge in [-0.05, 0) is 105 Å². The standard InChI is InChI=1S/C24H27ClN2O3S/c1-27(31(29,30)22-8-4-20(25)5-9-22)21-6-2-19(3-7-21)23(28)26-24-13-16-10-17(14-24)12-18(11-16)15-24/h2-9,16-18H,10-15H2,1H3,(H,26,28). The van der Waals surface area contributed by atoms with Crippen LogP contribution in [-0.2, 0) is 10.0 Å². The van der Waals surface area contributed by atoms with E-state index in [1.54, 1.807) is 36.4 Å². The van der Waals surface area contributed by atoms with Crippen molar-refractivity contribution in [2.24, 2.45) is 17.8 Å². The average molecular weight is 459 g/mol. The van der Waals surface area contributed by atoms with Crippen LogP contribution in [0.5, 0.6) is 0 Å². The molecule has 0 aliphatic heterocycles. The quantitative estimate of drug-likeness (QED) is 0.695. The monoisotopic (exact) mass is 458 g/mol. The van der Waals surface area contributed by atoms with Crippen LogP contribution in [-0.4, -0.2) is 26.9 Å². The van der Waals surface area contributed by atoms with Gasteiger partial charge < -0.3 is 5.32 Å². The van der Waals surface area contributed by atoms with Gasteiger partial charge in [-0.15, -0.1) is 0 Å². The fraction of sp³-hybridized carbons (Fsp3) is 0.458. The summed E-state index contributed by atoms with van der Waals surface area (Å²) in [6, 6.07) is 12.9. The van der Waals surface area contributed by atoms with Crippen LogP contribution >= 0.6 is 11.6 Å². The molecule has 1 amide bonds. The Morgan fingerprint density at radius 2 is 1.45 bits per heavy atom. The highest BCUT2D eigenvalue weighted by Crippen LogP contribution is 2.55. The molecule has 4 aliphatic rings. The van der Waals surface area contributed by atoms with Crippen molar-refractivity contribution in [1.29, 1.82) is 0 Å². The van der Waals surface area contributed by atoms with E-state index in [1.807, 2.05) is 0 Å². The normalized spacial score (nSPS) is 29.0. The second kappa shape index (κ2) is 7.52. The van der Waals surface area contributed by atoms with E-state index in [1.165, 1.54) is 42.7 Å². The van der Waals surface area contributed by atoms with Gasteiger partial charge in [0.15, 0.2) is 0 Å². The fourth-order valence-electron chi connectivity index (χ4n) is 6.30. The molecule has 2 aromatic carbocycles. The zero-order valence-electron chi connectivity index (χ0n) is 17.6. The smallest absolute Gasteiger partial charge is 0.264 e. The predicted octanol–water partition coefficient (Wildman–Crippen LogP) is 4.86. The molecule has 0 atom stereocenters. The second-order valence-corrected chi connectivity index (χ2v) is 12.0. The van der Waals surface area contributed by atoms with E-state index < -0.39 is 10.0 Å². The molecule has 0 aromatic heterocycles. The molecule has 1 N–H and O–H groups in total. The zero-order chi connectivity index (χ0) is 21.8. The summed E-state index contributed by atoms with van der Waals surface area (Å²) in [4.78, 5) is 13.2. The molecular formula is C24H27ClN2O3S. The summed E-state index contributed by atoms with van der Waals surface area (Å²) in [5.74, 6) is 2.23. The lowest BCUT2D eigenvalue weighted by molar-refractivity contribution is -0.0167. The molecule has 7 heteroatoms. The van der Waals surface area contributed by atoms with Crippen LogP contribution in [0.15, 0.2) is 53.4 Å². The third kappa shape index (κ3) is 3.85. The molecule has 0 radical (unpaired) electrons. The molecule has 0 spiro atoms. The van der Waals surface area contributed by atoms with Crippen LogP contribution in [0.4, 0.5) is 5.69 Å². The summed E-state index contributed by atoms with van der Waals surface area (Å²) in [7, 11) is -2.20. The molecular weight excluding hydrogens is 432 g/mol. The van der Waals surface area contributed by atoms with Crippen molar-refractivity contribution < 1.29 is 13.2 Å². The van der Waals surface area contributed by atoms with Crippen molar-refractivity contribution in [2.75, 3.05) is 11.4 Å². The average Bonchev–Trinajstić information content (AvgIpc) is 2.72. The van der Waals surface area contributed by atoms with Gasteiger partial charge in [-0.2, -0.15) is 0 Å². The van der Waals surface area contributed by atoms with E-state index in [-0.39, 0.29) is 16.3 Å². The molecule has 0 unspecified atom stereocenters. The van der Waals surface area contributed by atoms with E-state index in [9.17, 15) is 13.2 Å². The first-order valence-electron chi connectivity index (χ1n) is 10.9. The molecule has 31 heavy (non-hydrogen) atoms. The summed E-state index contributed by atoms with van der Waals surface area (Å²) in [6.07, 6.45) is 7.30. The van der Waals surface area contributed by atoms with E-state index in [0.717, 1.165) is 37.0 Å². The third-order valence-electron chi connectivity index (χ3n) is 7.38. The Bertz CT molecular complexity index is 1060. The number of anilines is 1. The maximum absolute atomic E-state index is 13.0. The minimum absolute atomic E-state index is 0.0424. The highest BCUT2D eigenvalue weighted by atomic mass is 35.5. The number of sulfonamides is 1. The SMILES string of the molecule is CN(c1ccc(C(=O)NC23CC4CC(CC(C4)C2)C3)cc1)S(=O)(=O)c1ccc(Cl)cc1. The number of carbonyl (C=O) groups is 1. The maximum Gasteiger partial charge on any atom is 0.264 e. The maximum atomic E-state index is 13.0. The Balaban J connectivity index is 1.31. The number of nitrogens with zero attached hydrogens (tertiary/aromatic N) is 1. The highest BCUT2D eigenvalue weighted by Gasteiger charge is 2.51. The van der Waals surface area contributed by atoms with Crippen molar-refractivity contribution in [1.82, 2.24) is 5.32 Å². The number of hydrogen-bond acceptors (Lipinski definition) is 3. The molecule has 4 bridgehead atoms. The Labute approximate surface area is 188 Å². The molecule has 6 rings (SSSR count). The van der Waals surface area contributed by atoms with Gasteiger partial charge in [0, 0.05) is 23.2 Å². The van der Waals surface area contributed by atoms with E-state index in [0.29, 0.717) is 16.3 Å². The van der Waals surface area contributed by atoms with E-state index in [2.05, 4.69) is 5.32 Å². The Morgan fingerprint density at radius 1 is 0.935 bits per heavy atom. The molecule has 0 saturated heterocycles. The van der Waals surface area contributed by atoms with Gasteiger partial charge in [0.25, 0.3) is 15.9 Å². The zero-order valence-corrected chi connectivity index (χ0v) is 19.1. The molecule has 0 heterocycles. The van der Waals surface area contributed by atoms with Gasteiger partial charge >= 0.3 is 0 Å². The molecule has 4 fully saturated rings. The van der Waals surface area contributed by atoms with Gasteiger partial charge in [-0.1, -0.05) is 11.6 Å². The highest BCUT2D eigenvalue weighted by molar-refractivity contribution is 7.92. The van der Waals surface area contributed by atoms with Gasteiger partial charge in [0.05, 0.1) is 10.6 Å². The van der Waals surface area contributed by atoms with Gasteiger partial charge in [-0.3, -0.25) is 9.10 Å². The lowest BCUT2D eigenvalue weighted by atomic mass is 9.53. The van der Waals surface area contributed by atoms with Crippen molar-refractivity contribution in [3.8, 4) is 0 Å². The van der Waals surface area contributed by atoms with Gasteiger partial charge in [0.2, 0.25) is 0 Å². The van der Waals surface area contributed by atoms with Crippen molar-refractivity contribution in [3.63, 3.8) is 0 Å². The molecule has 164 valence electrons. The number of benzene rings is 2. The number of halogens is 1.